The molecular weight excluding hydrogens is 374 g/mol. The fraction of sp³-hybridized carbons (Fsp3) is 0.150. The Balaban J connectivity index is 1.88. The largest absolute Gasteiger partial charge is 0.493 e. The molecular formula is C20H19N5O4. The standard InChI is InChI=1S/C20H19N5O4/c1-27-14-8-11(7-12-10-23-20(22)24-18(12)21)13-9-15(29-16(13)17(14)28-2)19(26)25-5-3-4-6-25/h3-6,8-10H,7H2,1-2H3,(H4,21,22,23,24). The lowest BCUT2D eigenvalue weighted by atomic mass is 10.0. The van der Waals surface area contributed by atoms with Gasteiger partial charge in [-0.3, -0.25) is 9.36 Å². The van der Waals surface area contributed by atoms with Crippen LogP contribution in [0.3, 0.4) is 0 Å². The summed E-state index contributed by atoms with van der Waals surface area (Å²) >= 11 is 0. The van der Waals surface area contributed by atoms with Gasteiger partial charge in [-0.2, -0.15) is 4.98 Å². The summed E-state index contributed by atoms with van der Waals surface area (Å²) in [6, 6.07) is 7.03. The summed E-state index contributed by atoms with van der Waals surface area (Å²) < 4.78 is 18.3. The predicted octanol–water partition coefficient (Wildman–Crippen LogP) is 2.49. The van der Waals surface area contributed by atoms with E-state index in [1.807, 2.05) is 6.07 Å². The lowest BCUT2D eigenvalue weighted by molar-refractivity contribution is 0.0935. The first kappa shape index (κ1) is 18.4. The third kappa shape index (κ3) is 3.22. The van der Waals surface area contributed by atoms with Crippen LogP contribution in [0, 0.1) is 0 Å². The maximum atomic E-state index is 12.7. The lowest BCUT2D eigenvalue weighted by Gasteiger charge is -2.12. The van der Waals surface area contributed by atoms with Crippen molar-refractivity contribution in [2.24, 2.45) is 0 Å². The fourth-order valence-corrected chi connectivity index (χ4v) is 3.18. The zero-order valence-electron chi connectivity index (χ0n) is 15.9. The van der Waals surface area contributed by atoms with E-state index in [-0.39, 0.29) is 23.4 Å². The number of rotatable bonds is 5. The topological polar surface area (TPSA) is 131 Å². The number of aromatic nitrogens is 3. The Hall–Kier alpha value is -4.01. The number of nitrogens with zero attached hydrogens (tertiary/aromatic N) is 3. The van der Waals surface area contributed by atoms with E-state index in [0.717, 1.165) is 5.56 Å². The van der Waals surface area contributed by atoms with Gasteiger partial charge in [0.05, 0.1) is 14.2 Å². The van der Waals surface area contributed by atoms with Gasteiger partial charge in [-0.1, -0.05) is 0 Å². The molecule has 29 heavy (non-hydrogen) atoms. The molecule has 0 aliphatic heterocycles. The van der Waals surface area contributed by atoms with E-state index in [2.05, 4.69) is 9.97 Å². The average Bonchev–Trinajstić information content (AvgIpc) is 3.39. The number of carbonyl (C=O) groups is 1. The molecule has 4 aromatic rings. The molecule has 0 aliphatic rings. The Morgan fingerprint density at radius 1 is 1.14 bits per heavy atom. The fourth-order valence-electron chi connectivity index (χ4n) is 3.18. The van der Waals surface area contributed by atoms with Crippen LogP contribution < -0.4 is 20.9 Å². The van der Waals surface area contributed by atoms with Crippen LogP contribution in [-0.4, -0.2) is 34.7 Å². The molecule has 0 saturated carbocycles. The minimum atomic E-state index is -0.298. The van der Waals surface area contributed by atoms with Crippen LogP contribution in [0.2, 0.25) is 0 Å². The maximum absolute atomic E-state index is 12.7. The van der Waals surface area contributed by atoms with E-state index in [4.69, 9.17) is 25.4 Å². The Morgan fingerprint density at radius 2 is 1.90 bits per heavy atom. The Labute approximate surface area is 165 Å². The number of ether oxygens (including phenoxy) is 2. The minimum Gasteiger partial charge on any atom is -0.493 e. The summed E-state index contributed by atoms with van der Waals surface area (Å²) in [6.07, 6.45) is 5.27. The number of nitrogens with two attached hydrogens (primary N) is 2. The van der Waals surface area contributed by atoms with Crippen LogP contribution in [0.4, 0.5) is 11.8 Å². The summed E-state index contributed by atoms with van der Waals surface area (Å²) in [5, 5.41) is 0.703. The van der Waals surface area contributed by atoms with Gasteiger partial charge in [0.15, 0.2) is 17.1 Å². The van der Waals surface area contributed by atoms with Crippen molar-refractivity contribution in [3.8, 4) is 11.5 Å². The van der Waals surface area contributed by atoms with Crippen molar-refractivity contribution < 1.29 is 18.7 Å². The lowest BCUT2D eigenvalue weighted by Crippen LogP contribution is -2.07. The number of carbonyl (C=O) groups excluding carboxylic acids is 1. The van der Waals surface area contributed by atoms with E-state index in [1.165, 1.54) is 18.8 Å². The number of hydrogen-bond donors (Lipinski definition) is 2. The van der Waals surface area contributed by atoms with Crippen molar-refractivity contribution >= 4 is 28.6 Å². The number of fused-ring (bicyclic) bond motifs is 1. The van der Waals surface area contributed by atoms with Crippen molar-refractivity contribution in [2.45, 2.75) is 6.42 Å². The third-order valence-corrected chi connectivity index (χ3v) is 4.58. The van der Waals surface area contributed by atoms with Gasteiger partial charge in [-0.05, 0) is 29.8 Å². The number of nitrogen functional groups attached to an aromatic ring is 2. The second-order valence-electron chi connectivity index (χ2n) is 6.34. The van der Waals surface area contributed by atoms with E-state index in [9.17, 15) is 4.79 Å². The molecule has 0 aliphatic carbocycles. The van der Waals surface area contributed by atoms with Crippen LogP contribution in [0.25, 0.3) is 11.0 Å². The second kappa shape index (κ2) is 7.19. The molecule has 0 saturated heterocycles. The highest BCUT2D eigenvalue weighted by molar-refractivity contribution is 6.00. The van der Waals surface area contributed by atoms with Crippen molar-refractivity contribution in [3.63, 3.8) is 0 Å². The van der Waals surface area contributed by atoms with Crippen molar-refractivity contribution in [2.75, 3.05) is 25.7 Å². The first-order valence-electron chi connectivity index (χ1n) is 8.73. The zero-order chi connectivity index (χ0) is 20.5. The molecule has 0 bridgehead atoms. The molecule has 3 heterocycles. The van der Waals surface area contributed by atoms with Crippen LogP contribution >= 0.6 is 0 Å². The zero-order valence-corrected chi connectivity index (χ0v) is 15.9. The summed E-state index contributed by atoms with van der Waals surface area (Å²) in [4.78, 5) is 20.7. The molecule has 0 fully saturated rings. The molecule has 1 aromatic carbocycles. The molecule has 0 radical (unpaired) electrons. The highest BCUT2D eigenvalue weighted by atomic mass is 16.5. The molecule has 3 aromatic heterocycles. The van der Waals surface area contributed by atoms with E-state index < -0.39 is 0 Å². The van der Waals surface area contributed by atoms with Crippen molar-refractivity contribution in [1.29, 1.82) is 0 Å². The van der Waals surface area contributed by atoms with Crippen LogP contribution in [0.1, 0.15) is 21.7 Å². The van der Waals surface area contributed by atoms with Gasteiger partial charge in [-0.15, -0.1) is 0 Å². The highest BCUT2D eigenvalue weighted by Gasteiger charge is 2.22. The first-order chi connectivity index (χ1) is 14.0. The number of benzene rings is 1. The molecule has 0 unspecified atom stereocenters. The van der Waals surface area contributed by atoms with Gasteiger partial charge in [0, 0.05) is 36.0 Å². The molecule has 0 amide bonds. The quantitative estimate of drug-likeness (QED) is 0.529. The average molecular weight is 393 g/mol. The van der Waals surface area contributed by atoms with Gasteiger partial charge in [0.25, 0.3) is 5.91 Å². The Morgan fingerprint density at radius 3 is 2.55 bits per heavy atom. The molecule has 9 heteroatoms. The minimum absolute atomic E-state index is 0.103. The number of anilines is 2. The predicted molar refractivity (Wildman–Crippen MR) is 107 cm³/mol. The smallest absolute Gasteiger partial charge is 0.297 e. The Kier molecular flexibility index (Phi) is 4.55. The summed E-state index contributed by atoms with van der Waals surface area (Å²) in [5.74, 6) is 1.14. The molecule has 4 N–H and O–H groups in total. The summed E-state index contributed by atoms with van der Waals surface area (Å²) in [7, 11) is 3.04. The molecule has 148 valence electrons. The van der Waals surface area contributed by atoms with Gasteiger partial charge in [-0.25, -0.2) is 4.98 Å². The third-order valence-electron chi connectivity index (χ3n) is 4.58. The first-order valence-corrected chi connectivity index (χ1v) is 8.73. The normalized spacial score (nSPS) is 11.0. The van der Waals surface area contributed by atoms with Crippen LogP contribution in [0.15, 0.2) is 47.3 Å². The van der Waals surface area contributed by atoms with Gasteiger partial charge in [0.1, 0.15) is 5.82 Å². The molecule has 9 nitrogen and oxygen atoms in total. The molecule has 4 rings (SSSR count). The second-order valence-corrected chi connectivity index (χ2v) is 6.34. The SMILES string of the molecule is COc1cc(Cc2cnc(N)nc2N)c2cc(C(=O)n3cccc3)oc2c1OC. The number of hydrogen-bond acceptors (Lipinski definition) is 8. The van der Waals surface area contributed by atoms with Gasteiger partial charge >= 0.3 is 0 Å². The summed E-state index contributed by atoms with van der Waals surface area (Å²) in [6.45, 7) is 0. The van der Waals surface area contributed by atoms with Crippen molar-refractivity contribution in [3.05, 3.63) is 59.7 Å². The number of furan rings is 1. The Bertz CT molecular complexity index is 1200. The molecule has 0 atom stereocenters. The highest BCUT2D eigenvalue weighted by Crippen LogP contribution is 2.40. The maximum Gasteiger partial charge on any atom is 0.297 e. The van der Waals surface area contributed by atoms with Crippen molar-refractivity contribution in [1.82, 2.24) is 14.5 Å². The van der Waals surface area contributed by atoms with Crippen LogP contribution in [-0.2, 0) is 6.42 Å². The summed E-state index contributed by atoms with van der Waals surface area (Å²) in [5.41, 5.74) is 13.5. The van der Waals surface area contributed by atoms with E-state index in [0.29, 0.717) is 34.5 Å². The van der Waals surface area contributed by atoms with Crippen LogP contribution in [0.5, 0.6) is 11.5 Å². The van der Waals surface area contributed by atoms with Gasteiger partial charge < -0.3 is 25.4 Å². The van der Waals surface area contributed by atoms with E-state index >= 15 is 0 Å². The monoisotopic (exact) mass is 393 g/mol. The van der Waals surface area contributed by atoms with E-state index in [1.54, 1.807) is 36.8 Å². The molecule has 0 spiro atoms. The number of methoxy groups -OCH3 is 2. The van der Waals surface area contributed by atoms with Gasteiger partial charge in [0.2, 0.25) is 11.7 Å².